The molecule has 0 bridgehead atoms. The van der Waals surface area contributed by atoms with Crippen molar-refractivity contribution >= 4 is 0 Å². The van der Waals surface area contributed by atoms with E-state index in [1.54, 1.807) is 0 Å². The van der Waals surface area contributed by atoms with Gasteiger partial charge in [0.15, 0.2) is 0 Å². The van der Waals surface area contributed by atoms with E-state index in [0.717, 1.165) is 18.6 Å². The molecule has 2 aromatic carbocycles. The Bertz CT molecular complexity index is 550. The summed E-state index contributed by atoms with van der Waals surface area (Å²) in [6.07, 6.45) is 3.35. The Morgan fingerprint density at radius 1 is 1.05 bits per heavy atom. The van der Waals surface area contributed by atoms with Gasteiger partial charge in [0.25, 0.3) is 0 Å². The van der Waals surface area contributed by atoms with Gasteiger partial charge in [-0.25, -0.2) is 0 Å². The number of fused-ring (bicyclic) bond motifs is 1. The quantitative estimate of drug-likeness (QED) is 0.907. The van der Waals surface area contributed by atoms with Crippen LogP contribution in [-0.2, 0) is 13.0 Å². The monoisotopic (exact) mass is 253 g/mol. The lowest BCUT2D eigenvalue weighted by atomic mass is 9.87. The highest BCUT2D eigenvalue weighted by Gasteiger charge is 2.20. The molecule has 0 saturated carbocycles. The molecule has 0 aliphatic heterocycles. The van der Waals surface area contributed by atoms with Crippen LogP contribution >= 0.6 is 0 Å². The molecule has 2 heteroatoms. The van der Waals surface area contributed by atoms with Crippen LogP contribution in [0.3, 0.4) is 0 Å². The van der Waals surface area contributed by atoms with Gasteiger partial charge in [-0.15, -0.1) is 0 Å². The summed E-state index contributed by atoms with van der Waals surface area (Å²) in [5.74, 6) is 0.952. The molecule has 1 atom stereocenters. The van der Waals surface area contributed by atoms with E-state index in [-0.39, 0.29) is 6.04 Å². The van der Waals surface area contributed by atoms with Gasteiger partial charge >= 0.3 is 0 Å². The molecule has 2 nitrogen and oxygen atoms in total. The fraction of sp³-hybridized carbons (Fsp3) is 0.294. The zero-order chi connectivity index (χ0) is 13.1. The molecule has 1 aliphatic carbocycles. The SMILES string of the molecule is N[C@@H]1CCCc2cccc(OCc3ccccc3)c21. The predicted octanol–water partition coefficient (Wildman–Crippen LogP) is 3.60. The second-order valence-corrected chi connectivity index (χ2v) is 5.10. The molecule has 0 spiro atoms. The van der Waals surface area contributed by atoms with Gasteiger partial charge in [-0.05, 0) is 36.5 Å². The molecule has 0 aromatic heterocycles. The predicted molar refractivity (Wildman–Crippen MR) is 77.1 cm³/mol. The molecule has 0 heterocycles. The summed E-state index contributed by atoms with van der Waals surface area (Å²) in [5.41, 5.74) is 9.98. The van der Waals surface area contributed by atoms with Crippen molar-refractivity contribution in [3.8, 4) is 5.75 Å². The van der Waals surface area contributed by atoms with Crippen LogP contribution in [0, 0.1) is 0 Å². The Labute approximate surface area is 114 Å². The number of benzene rings is 2. The second kappa shape index (κ2) is 5.45. The Kier molecular flexibility index (Phi) is 3.51. The van der Waals surface area contributed by atoms with Crippen molar-refractivity contribution in [2.45, 2.75) is 31.9 Å². The third-order valence-electron chi connectivity index (χ3n) is 3.73. The van der Waals surface area contributed by atoms with Crippen LogP contribution in [0.1, 0.15) is 35.6 Å². The second-order valence-electron chi connectivity index (χ2n) is 5.10. The van der Waals surface area contributed by atoms with Crippen molar-refractivity contribution in [1.82, 2.24) is 0 Å². The maximum absolute atomic E-state index is 6.24. The molecule has 0 fully saturated rings. The fourth-order valence-electron chi connectivity index (χ4n) is 2.75. The average Bonchev–Trinajstić information content (AvgIpc) is 2.46. The van der Waals surface area contributed by atoms with Gasteiger partial charge < -0.3 is 10.5 Å². The van der Waals surface area contributed by atoms with Gasteiger partial charge in [0.2, 0.25) is 0 Å². The fourth-order valence-corrected chi connectivity index (χ4v) is 2.75. The Morgan fingerprint density at radius 2 is 1.89 bits per heavy atom. The van der Waals surface area contributed by atoms with E-state index in [9.17, 15) is 0 Å². The van der Waals surface area contributed by atoms with Crippen molar-refractivity contribution in [2.24, 2.45) is 5.73 Å². The average molecular weight is 253 g/mol. The summed E-state index contributed by atoms with van der Waals surface area (Å²) in [7, 11) is 0. The summed E-state index contributed by atoms with van der Waals surface area (Å²) in [6.45, 7) is 0.601. The number of hydrogen-bond acceptors (Lipinski definition) is 2. The standard InChI is InChI=1S/C17H19NO/c18-15-10-4-8-14-9-5-11-16(17(14)15)19-12-13-6-2-1-3-7-13/h1-3,5-7,9,11,15H,4,8,10,12,18H2/t15-/m1/s1. The van der Waals surface area contributed by atoms with Crippen LogP contribution in [0.25, 0.3) is 0 Å². The minimum absolute atomic E-state index is 0.121. The first-order valence-electron chi connectivity index (χ1n) is 6.88. The van der Waals surface area contributed by atoms with E-state index in [0.29, 0.717) is 6.61 Å². The number of hydrogen-bond donors (Lipinski definition) is 1. The van der Waals surface area contributed by atoms with Crippen molar-refractivity contribution in [2.75, 3.05) is 0 Å². The first kappa shape index (κ1) is 12.2. The largest absolute Gasteiger partial charge is 0.489 e. The van der Waals surface area contributed by atoms with E-state index in [4.69, 9.17) is 10.5 Å². The third-order valence-corrected chi connectivity index (χ3v) is 3.73. The van der Waals surface area contributed by atoms with Crippen LogP contribution in [-0.4, -0.2) is 0 Å². The van der Waals surface area contributed by atoms with Crippen LogP contribution in [0.5, 0.6) is 5.75 Å². The molecule has 0 saturated heterocycles. The van der Waals surface area contributed by atoms with E-state index < -0.39 is 0 Å². The summed E-state index contributed by atoms with van der Waals surface area (Å²) in [5, 5.41) is 0. The van der Waals surface area contributed by atoms with Gasteiger partial charge in [0, 0.05) is 11.6 Å². The van der Waals surface area contributed by atoms with E-state index in [1.165, 1.54) is 23.1 Å². The van der Waals surface area contributed by atoms with Crippen LogP contribution < -0.4 is 10.5 Å². The number of ether oxygens (including phenoxy) is 1. The zero-order valence-electron chi connectivity index (χ0n) is 11.0. The van der Waals surface area contributed by atoms with Crippen molar-refractivity contribution in [3.05, 3.63) is 65.2 Å². The molecule has 3 rings (SSSR count). The Morgan fingerprint density at radius 3 is 2.74 bits per heavy atom. The minimum Gasteiger partial charge on any atom is -0.489 e. The normalized spacial score (nSPS) is 17.8. The van der Waals surface area contributed by atoms with Crippen molar-refractivity contribution < 1.29 is 4.74 Å². The summed E-state index contributed by atoms with van der Waals surface area (Å²) >= 11 is 0. The smallest absolute Gasteiger partial charge is 0.124 e. The van der Waals surface area contributed by atoms with Gasteiger partial charge in [0.05, 0.1) is 0 Å². The third kappa shape index (κ3) is 2.64. The van der Waals surface area contributed by atoms with Gasteiger partial charge in [-0.3, -0.25) is 0 Å². The highest BCUT2D eigenvalue weighted by Crippen LogP contribution is 2.35. The molecule has 2 aromatic rings. The molecular formula is C17H19NO. The van der Waals surface area contributed by atoms with Gasteiger partial charge in [-0.2, -0.15) is 0 Å². The number of aryl methyl sites for hydroxylation is 1. The summed E-state index contributed by atoms with van der Waals surface area (Å²) in [4.78, 5) is 0. The molecule has 1 aliphatic rings. The summed E-state index contributed by atoms with van der Waals surface area (Å²) < 4.78 is 5.98. The topological polar surface area (TPSA) is 35.2 Å². The molecule has 0 unspecified atom stereocenters. The van der Waals surface area contributed by atoms with Gasteiger partial charge in [0.1, 0.15) is 12.4 Å². The van der Waals surface area contributed by atoms with Gasteiger partial charge in [-0.1, -0.05) is 42.5 Å². The lowest BCUT2D eigenvalue weighted by molar-refractivity contribution is 0.298. The molecule has 0 amide bonds. The molecule has 98 valence electrons. The Hall–Kier alpha value is -1.80. The van der Waals surface area contributed by atoms with Crippen LogP contribution in [0.2, 0.25) is 0 Å². The highest BCUT2D eigenvalue weighted by molar-refractivity contribution is 5.44. The molecular weight excluding hydrogens is 234 g/mol. The zero-order valence-corrected chi connectivity index (χ0v) is 11.0. The van der Waals surface area contributed by atoms with Crippen molar-refractivity contribution in [3.63, 3.8) is 0 Å². The lowest BCUT2D eigenvalue weighted by Gasteiger charge is -2.25. The van der Waals surface area contributed by atoms with E-state index >= 15 is 0 Å². The van der Waals surface area contributed by atoms with Crippen LogP contribution in [0.4, 0.5) is 0 Å². The molecule has 2 N–H and O–H groups in total. The lowest BCUT2D eigenvalue weighted by Crippen LogP contribution is -2.18. The van der Waals surface area contributed by atoms with E-state index in [2.05, 4.69) is 24.3 Å². The molecule has 0 radical (unpaired) electrons. The van der Waals surface area contributed by atoms with E-state index in [1.807, 2.05) is 24.3 Å². The Balaban J connectivity index is 1.82. The number of nitrogens with two attached hydrogens (primary N) is 1. The maximum Gasteiger partial charge on any atom is 0.124 e. The summed E-state index contributed by atoms with van der Waals surface area (Å²) in [6, 6.07) is 16.6. The first-order valence-corrected chi connectivity index (χ1v) is 6.88. The first-order chi connectivity index (χ1) is 9.34. The maximum atomic E-state index is 6.24. The molecule has 19 heavy (non-hydrogen) atoms. The minimum atomic E-state index is 0.121. The highest BCUT2D eigenvalue weighted by atomic mass is 16.5. The number of rotatable bonds is 3. The van der Waals surface area contributed by atoms with Crippen LogP contribution in [0.15, 0.2) is 48.5 Å². The van der Waals surface area contributed by atoms with Crippen molar-refractivity contribution in [1.29, 1.82) is 0 Å².